The molecule has 0 saturated carbocycles. The maximum Gasteiger partial charge on any atom is 0.133 e. The summed E-state index contributed by atoms with van der Waals surface area (Å²) in [6.45, 7) is 7.26. The van der Waals surface area contributed by atoms with Crippen molar-refractivity contribution < 1.29 is 9.47 Å². The number of rotatable bonds is 3. The monoisotopic (exact) mass is 314 g/mol. The Bertz CT molecular complexity index is 632. The molecule has 0 bridgehead atoms. The van der Waals surface area contributed by atoms with Gasteiger partial charge in [0.1, 0.15) is 24.2 Å². The van der Waals surface area contributed by atoms with Crippen molar-refractivity contribution in [2.45, 2.75) is 38.4 Å². The summed E-state index contributed by atoms with van der Waals surface area (Å²) in [5, 5.41) is 0. The molecule has 0 spiro atoms. The normalized spacial score (nSPS) is 17.5. The average molecular weight is 314 g/mol. The Kier molecular flexibility index (Phi) is 4.34. The van der Waals surface area contributed by atoms with E-state index in [1.54, 1.807) is 0 Å². The Morgan fingerprint density at radius 1 is 1.14 bits per heavy atom. The van der Waals surface area contributed by atoms with Crippen LogP contribution in [0.15, 0.2) is 53.4 Å². The zero-order chi connectivity index (χ0) is 15.6. The van der Waals surface area contributed by atoms with Crippen molar-refractivity contribution in [3.8, 4) is 11.5 Å². The standard InChI is InChI=1S/C19H22O2S/c1-19(2,3)18-13-22-17-11-15(9-10-16(17)21-18)20-12-14-7-5-4-6-8-14/h4-11,18H,12-13H2,1-3H3/t18-/m1/s1. The van der Waals surface area contributed by atoms with E-state index in [4.69, 9.17) is 9.47 Å². The van der Waals surface area contributed by atoms with Crippen molar-refractivity contribution in [2.75, 3.05) is 5.75 Å². The van der Waals surface area contributed by atoms with Crippen LogP contribution in [-0.2, 0) is 6.61 Å². The second-order valence-electron chi connectivity index (χ2n) is 6.67. The van der Waals surface area contributed by atoms with Crippen LogP contribution in [0.25, 0.3) is 0 Å². The summed E-state index contributed by atoms with van der Waals surface area (Å²) >= 11 is 1.85. The Labute approximate surface area is 136 Å². The first-order valence-electron chi connectivity index (χ1n) is 7.62. The van der Waals surface area contributed by atoms with Crippen molar-refractivity contribution in [1.29, 1.82) is 0 Å². The molecule has 0 unspecified atom stereocenters. The lowest BCUT2D eigenvalue weighted by Gasteiger charge is -2.34. The topological polar surface area (TPSA) is 18.5 Å². The van der Waals surface area contributed by atoms with E-state index >= 15 is 0 Å². The van der Waals surface area contributed by atoms with Gasteiger partial charge >= 0.3 is 0 Å². The molecule has 0 amide bonds. The van der Waals surface area contributed by atoms with Crippen LogP contribution in [0.2, 0.25) is 0 Å². The highest BCUT2D eigenvalue weighted by atomic mass is 32.2. The zero-order valence-electron chi connectivity index (χ0n) is 13.3. The number of thioether (sulfide) groups is 1. The Morgan fingerprint density at radius 3 is 2.64 bits per heavy atom. The molecule has 1 atom stereocenters. The molecule has 22 heavy (non-hydrogen) atoms. The van der Waals surface area contributed by atoms with Crippen LogP contribution in [0.5, 0.6) is 11.5 Å². The second kappa shape index (κ2) is 6.25. The largest absolute Gasteiger partial charge is 0.489 e. The number of ether oxygens (including phenoxy) is 2. The summed E-state index contributed by atoms with van der Waals surface area (Å²) < 4.78 is 12.0. The fourth-order valence-electron chi connectivity index (χ4n) is 2.31. The molecule has 2 nitrogen and oxygen atoms in total. The van der Waals surface area contributed by atoms with Crippen LogP contribution >= 0.6 is 11.8 Å². The quantitative estimate of drug-likeness (QED) is 0.779. The van der Waals surface area contributed by atoms with Crippen molar-refractivity contribution >= 4 is 11.8 Å². The molecule has 3 rings (SSSR count). The molecule has 3 heteroatoms. The maximum atomic E-state index is 6.14. The highest BCUT2D eigenvalue weighted by molar-refractivity contribution is 7.99. The fourth-order valence-corrected chi connectivity index (χ4v) is 3.67. The van der Waals surface area contributed by atoms with Gasteiger partial charge in [-0.3, -0.25) is 0 Å². The van der Waals surface area contributed by atoms with Crippen molar-refractivity contribution in [1.82, 2.24) is 0 Å². The van der Waals surface area contributed by atoms with E-state index in [1.165, 1.54) is 10.5 Å². The van der Waals surface area contributed by atoms with E-state index in [0.717, 1.165) is 17.3 Å². The van der Waals surface area contributed by atoms with Gasteiger partial charge in [-0.05, 0) is 29.2 Å². The highest BCUT2D eigenvalue weighted by Crippen LogP contribution is 2.41. The molecule has 0 N–H and O–H groups in total. The van der Waals surface area contributed by atoms with E-state index in [2.05, 4.69) is 39.0 Å². The van der Waals surface area contributed by atoms with Crippen LogP contribution in [0.1, 0.15) is 26.3 Å². The molecule has 2 aromatic rings. The molecular weight excluding hydrogens is 292 g/mol. The lowest BCUT2D eigenvalue weighted by atomic mass is 9.90. The Balaban J connectivity index is 1.68. The molecule has 2 aromatic carbocycles. The number of fused-ring (bicyclic) bond motifs is 1. The summed E-state index contributed by atoms with van der Waals surface area (Å²) in [5.41, 5.74) is 1.34. The van der Waals surface area contributed by atoms with Gasteiger partial charge in [0.25, 0.3) is 0 Å². The summed E-state index contributed by atoms with van der Waals surface area (Å²) in [6.07, 6.45) is 0.251. The van der Waals surface area contributed by atoms with Gasteiger partial charge in [0.05, 0.1) is 4.90 Å². The SMILES string of the molecule is CC(C)(C)[C@H]1CSc2cc(OCc3ccccc3)ccc2O1. The predicted octanol–water partition coefficient (Wildman–Crippen LogP) is 5.16. The van der Waals surface area contributed by atoms with Crippen LogP contribution in [-0.4, -0.2) is 11.9 Å². The minimum atomic E-state index is 0.160. The number of hydrogen-bond acceptors (Lipinski definition) is 3. The zero-order valence-corrected chi connectivity index (χ0v) is 14.2. The van der Waals surface area contributed by atoms with Gasteiger partial charge < -0.3 is 9.47 Å². The number of hydrogen-bond donors (Lipinski definition) is 0. The summed E-state index contributed by atoms with van der Waals surface area (Å²) in [7, 11) is 0. The second-order valence-corrected chi connectivity index (χ2v) is 7.73. The van der Waals surface area contributed by atoms with E-state index in [1.807, 2.05) is 42.1 Å². The lowest BCUT2D eigenvalue weighted by molar-refractivity contribution is 0.101. The third kappa shape index (κ3) is 3.58. The smallest absolute Gasteiger partial charge is 0.133 e. The number of benzene rings is 2. The lowest BCUT2D eigenvalue weighted by Crippen LogP contribution is -2.36. The van der Waals surface area contributed by atoms with Gasteiger partial charge in [-0.25, -0.2) is 0 Å². The van der Waals surface area contributed by atoms with Crippen LogP contribution in [0.3, 0.4) is 0 Å². The summed E-state index contributed by atoms with van der Waals surface area (Å²) in [5.74, 6) is 2.86. The first kappa shape index (κ1) is 15.3. The van der Waals surface area contributed by atoms with Crippen LogP contribution < -0.4 is 9.47 Å². The van der Waals surface area contributed by atoms with Gasteiger partial charge in [-0.1, -0.05) is 51.1 Å². The molecule has 0 aliphatic carbocycles. The molecule has 1 heterocycles. The van der Waals surface area contributed by atoms with Crippen molar-refractivity contribution in [3.63, 3.8) is 0 Å². The van der Waals surface area contributed by atoms with Crippen LogP contribution in [0.4, 0.5) is 0 Å². The van der Waals surface area contributed by atoms with E-state index in [-0.39, 0.29) is 11.5 Å². The Hall–Kier alpha value is -1.61. The minimum absolute atomic E-state index is 0.160. The van der Waals surface area contributed by atoms with Crippen molar-refractivity contribution in [2.24, 2.45) is 5.41 Å². The molecule has 0 radical (unpaired) electrons. The summed E-state index contributed by atoms with van der Waals surface area (Å²) in [4.78, 5) is 1.17. The van der Waals surface area contributed by atoms with Gasteiger partial charge in [0.2, 0.25) is 0 Å². The van der Waals surface area contributed by atoms with E-state index < -0.39 is 0 Å². The highest BCUT2D eigenvalue weighted by Gasteiger charge is 2.30. The molecule has 1 aliphatic rings. The average Bonchev–Trinajstić information content (AvgIpc) is 2.52. The van der Waals surface area contributed by atoms with Gasteiger partial charge in [-0.2, -0.15) is 0 Å². The molecule has 116 valence electrons. The molecular formula is C19H22O2S. The molecule has 1 aliphatic heterocycles. The predicted molar refractivity (Wildman–Crippen MR) is 91.8 cm³/mol. The minimum Gasteiger partial charge on any atom is -0.489 e. The first-order chi connectivity index (χ1) is 10.5. The van der Waals surface area contributed by atoms with Crippen LogP contribution in [0, 0.1) is 5.41 Å². The van der Waals surface area contributed by atoms with Crippen molar-refractivity contribution in [3.05, 3.63) is 54.1 Å². The molecule has 0 aromatic heterocycles. The third-order valence-corrected chi connectivity index (χ3v) is 4.89. The van der Waals surface area contributed by atoms with Gasteiger partial charge in [0, 0.05) is 5.75 Å². The van der Waals surface area contributed by atoms with Gasteiger partial charge in [-0.15, -0.1) is 11.8 Å². The Morgan fingerprint density at radius 2 is 1.91 bits per heavy atom. The molecule has 0 fully saturated rings. The summed E-state index contributed by atoms with van der Waals surface area (Å²) in [6, 6.07) is 16.3. The fraction of sp³-hybridized carbons (Fsp3) is 0.368. The maximum absolute atomic E-state index is 6.14. The first-order valence-corrected chi connectivity index (χ1v) is 8.61. The van der Waals surface area contributed by atoms with Gasteiger partial charge in [0.15, 0.2) is 0 Å². The third-order valence-electron chi connectivity index (χ3n) is 3.79. The molecule has 0 saturated heterocycles. The van der Waals surface area contributed by atoms with E-state index in [0.29, 0.717) is 6.61 Å². The van der Waals surface area contributed by atoms with E-state index in [9.17, 15) is 0 Å².